The van der Waals surface area contributed by atoms with Crippen molar-refractivity contribution in [2.45, 2.75) is 19.1 Å². The molecular weight excluding hydrogens is 343 g/mol. The first-order valence-electron chi connectivity index (χ1n) is 8.25. The van der Waals surface area contributed by atoms with Gasteiger partial charge in [0.15, 0.2) is 0 Å². The Bertz CT molecular complexity index is 987. The minimum absolute atomic E-state index is 0.0180. The summed E-state index contributed by atoms with van der Waals surface area (Å²) in [5.74, 6) is 0.246. The van der Waals surface area contributed by atoms with Crippen LogP contribution >= 0.6 is 0 Å². The van der Waals surface area contributed by atoms with Gasteiger partial charge in [-0.15, -0.1) is 0 Å². The maximum absolute atomic E-state index is 13.1. The predicted octanol–water partition coefficient (Wildman–Crippen LogP) is 4.06. The molecule has 2 heterocycles. The first-order valence-corrected chi connectivity index (χ1v) is 8.25. The summed E-state index contributed by atoms with van der Waals surface area (Å²) >= 11 is 0. The van der Waals surface area contributed by atoms with Gasteiger partial charge in [-0.3, -0.25) is 4.79 Å². The summed E-state index contributed by atoms with van der Waals surface area (Å²) in [5, 5.41) is 0. The second-order valence-corrected chi connectivity index (χ2v) is 6.43. The van der Waals surface area contributed by atoms with Gasteiger partial charge in [-0.25, -0.2) is 4.98 Å². The second-order valence-electron chi connectivity index (χ2n) is 6.43. The third-order valence-corrected chi connectivity index (χ3v) is 4.75. The molecule has 1 amide bonds. The number of aromatic nitrogens is 2. The Morgan fingerprint density at radius 2 is 1.73 bits per heavy atom. The number of imidazole rings is 1. The Hall–Kier alpha value is -2.83. The van der Waals surface area contributed by atoms with Crippen LogP contribution in [0.5, 0.6) is 0 Å². The Balaban J connectivity index is 1.57. The Morgan fingerprint density at radius 3 is 2.46 bits per heavy atom. The molecule has 1 aliphatic heterocycles. The number of alkyl halides is 3. The molecule has 0 radical (unpaired) electrons. The molecule has 0 atom stereocenters. The van der Waals surface area contributed by atoms with Crippen molar-refractivity contribution in [3.8, 4) is 0 Å². The maximum atomic E-state index is 13.1. The molecule has 0 bridgehead atoms. The molecule has 0 N–H and O–H groups in total. The van der Waals surface area contributed by atoms with Gasteiger partial charge in [-0.1, -0.05) is 24.3 Å². The van der Waals surface area contributed by atoms with Gasteiger partial charge < -0.3 is 9.47 Å². The fourth-order valence-corrected chi connectivity index (χ4v) is 3.50. The number of hydrogen-bond donors (Lipinski definition) is 0. The average molecular weight is 359 g/mol. The van der Waals surface area contributed by atoms with E-state index < -0.39 is 17.6 Å². The number of para-hydroxylation sites is 2. The standard InChI is InChI=1S/C19H16F3N3O/c1-12-23-16-8-4-5-9-17(16)25(12)13-10-24(11-13)18(26)14-6-2-3-7-15(14)19(20,21)22/h2-9,13H,10-11H2,1H3. The largest absolute Gasteiger partial charge is 0.417 e. The lowest BCUT2D eigenvalue weighted by Crippen LogP contribution is -2.51. The van der Waals surface area contributed by atoms with Crippen molar-refractivity contribution >= 4 is 16.9 Å². The zero-order chi connectivity index (χ0) is 18.5. The minimum Gasteiger partial charge on any atom is -0.334 e. The van der Waals surface area contributed by atoms with Crippen molar-refractivity contribution < 1.29 is 18.0 Å². The van der Waals surface area contributed by atoms with Crippen LogP contribution in [0.4, 0.5) is 13.2 Å². The van der Waals surface area contributed by atoms with Crippen molar-refractivity contribution in [1.82, 2.24) is 14.5 Å². The topological polar surface area (TPSA) is 38.1 Å². The van der Waals surface area contributed by atoms with Gasteiger partial charge in [0.1, 0.15) is 5.82 Å². The molecule has 0 aliphatic carbocycles. The minimum atomic E-state index is -4.55. The number of rotatable bonds is 2. The molecule has 26 heavy (non-hydrogen) atoms. The molecule has 0 unspecified atom stereocenters. The number of benzene rings is 2. The number of hydrogen-bond acceptors (Lipinski definition) is 2. The summed E-state index contributed by atoms with van der Waals surface area (Å²) in [6.07, 6.45) is -4.55. The molecule has 2 aromatic carbocycles. The molecule has 3 aromatic rings. The lowest BCUT2D eigenvalue weighted by Gasteiger charge is -2.41. The van der Waals surface area contributed by atoms with E-state index in [9.17, 15) is 18.0 Å². The monoisotopic (exact) mass is 359 g/mol. The highest BCUT2D eigenvalue weighted by Crippen LogP contribution is 2.34. The number of aryl methyl sites for hydroxylation is 1. The van der Waals surface area contributed by atoms with Crippen molar-refractivity contribution in [3.05, 3.63) is 65.5 Å². The molecule has 4 rings (SSSR count). The SMILES string of the molecule is Cc1nc2ccccc2n1C1CN(C(=O)c2ccccc2C(F)(F)F)C1. The zero-order valence-electron chi connectivity index (χ0n) is 14.0. The average Bonchev–Trinajstić information content (AvgIpc) is 2.89. The predicted molar refractivity (Wildman–Crippen MR) is 90.9 cm³/mol. The van der Waals surface area contributed by atoms with Gasteiger partial charge in [0.05, 0.1) is 28.2 Å². The highest BCUT2D eigenvalue weighted by molar-refractivity contribution is 5.96. The van der Waals surface area contributed by atoms with Crippen LogP contribution in [0, 0.1) is 6.92 Å². The summed E-state index contributed by atoms with van der Waals surface area (Å²) in [5.41, 5.74) is 0.651. The number of fused-ring (bicyclic) bond motifs is 1. The molecule has 0 spiro atoms. The van der Waals surface area contributed by atoms with Crippen LogP contribution in [-0.4, -0.2) is 33.4 Å². The van der Waals surface area contributed by atoms with E-state index >= 15 is 0 Å². The molecule has 4 nitrogen and oxygen atoms in total. The summed E-state index contributed by atoms with van der Waals surface area (Å²) in [4.78, 5) is 18.5. The van der Waals surface area contributed by atoms with Crippen LogP contribution in [0.15, 0.2) is 48.5 Å². The Morgan fingerprint density at radius 1 is 1.08 bits per heavy atom. The van der Waals surface area contributed by atoms with E-state index in [0.717, 1.165) is 22.9 Å². The van der Waals surface area contributed by atoms with Gasteiger partial charge in [0, 0.05) is 13.1 Å². The van der Waals surface area contributed by atoms with Crippen molar-refractivity contribution in [2.75, 3.05) is 13.1 Å². The van der Waals surface area contributed by atoms with E-state index in [1.165, 1.54) is 23.1 Å². The molecule has 1 saturated heterocycles. The van der Waals surface area contributed by atoms with E-state index in [2.05, 4.69) is 9.55 Å². The molecule has 7 heteroatoms. The number of nitrogens with zero attached hydrogens (tertiary/aromatic N) is 3. The molecule has 0 saturated carbocycles. The highest BCUT2D eigenvalue weighted by atomic mass is 19.4. The number of halogens is 3. The number of likely N-dealkylation sites (tertiary alicyclic amines) is 1. The van der Waals surface area contributed by atoms with Crippen LogP contribution in [0.25, 0.3) is 11.0 Å². The molecule has 1 fully saturated rings. The molecule has 1 aromatic heterocycles. The van der Waals surface area contributed by atoms with Gasteiger partial charge in [-0.2, -0.15) is 13.2 Å². The van der Waals surface area contributed by atoms with Crippen molar-refractivity contribution in [1.29, 1.82) is 0 Å². The normalized spacial score (nSPS) is 15.3. The third-order valence-electron chi connectivity index (χ3n) is 4.75. The smallest absolute Gasteiger partial charge is 0.334 e. The second kappa shape index (κ2) is 5.86. The quantitative estimate of drug-likeness (QED) is 0.692. The van der Waals surface area contributed by atoms with Crippen LogP contribution in [0.2, 0.25) is 0 Å². The van der Waals surface area contributed by atoms with Crippen molar-refractivity contribution in [3.63, 3.8) is 0 Å². The summed E-state index contributed by atoms with van der Waals surface area (Å²) in [7, 11) is 0. The van der Waals surface area contributed by atoms with E-state index in [-0.39, 0.29) is 11.6 Å². The third kappa shape index (κ3) is 2.64. The van der Waals surface area contributed by atoms with E-state index in [1.54, 1.807) is 0 Å². The van der Waals surface area contributed by atoms with Crippen LogP contribution in [0.1, 0.15) is 27.8 Å². The summed E-state index contributed by atoms with van der Waals surface area (Å²) in [6, 6.07) is 12.6. The van der Waals surface area contributed by atoms with E-state index in [0.29, 0.717) is 13.1 Å². The van der Waals surface area contributed by atoms with Crippen LogP contribution in [-0.2, 0) is 6.18 Å². The van der Waals surface area contributed by atoms with Crippen LogP contribution < -0.4 is 0 Å². The Kier molecular flexibility index (Phi) is 3.75. The van der Waals surface area contributed by atoms with Gasteiger partial charge in [0.2, 0.25) is 0 Å². The van der Waals surface area contributed by atoms with E-state index in [1.807, 2.05) is 31.2 Å². The lowest BCUT2D eigenvalue weighted by molar-refractivity contribution is -0.138. The Labute approximate surface area is 147 Å². The molecule has 134 valence electrons. The molecular formula is C19H16F3N3O. The summed E-state index contributed by atoms with van der Waals surface area (Å²) < 4.78 is 41.5. The number of carbonyl (C=O) groups is 1. The van der Waals surface area contributed by atoms with Crippen molar-refractivity contribution in [2.24, 2.45) is 0 Å². The fourth-order valence-electron chi connectivity index (χ4n) is 3.50. The van der Waals surface area contributed by atoms with Crippen LogP contribution in [0.3, 0.4) is 0 Å². The van der Waals surface area contributed by atoms with Gasteiger partial charge >= 0.3 is 6.18 Å². The lowest BCUT2D eigenvalue weighted by atomic mass is 10.0. The van der Waals surface area contributed by atoms with Gasteiger partial charge in [0.25, 0.3) is 5.91 Å². The zero-order valence-corrected chi connectivity index (χ0v) is 14.0. The maximum Gasteiger partial charge on any atom is 0.417 e. The van der Waals surface area contributed by atoms with Gasteiger partial charge in [-0.05, 0) is 31.2 Å². The molecule has 1 aliphatic rings. The van der Waals surface area contributed by atoms with E-state index in [4.69, 9.17) is 0 Å². The summed E-state index contributed by atoms with van der Waals surface area (Å²) in [6.45, 7) is 2.63. The first-order chi connectivity index (χ1) is 12.4. The number of amides is 1. The number of carbonyl (C=O) groups excluding carboxylic acids is 1. The first kappa shape index (κ1) is 16.6. The highest BCUT2D eigenvalue weighted by Gasteiger charge is 2.39. The fraction of sp³-hybridized carbons (Fsp3) is 0.263.